The number of nitrogens with two attached hydrogens (primary N) is 1. The van der Waals surface area contributed by atoms with Crippen LogP contribution in [0.15, 0.2) is 65.6 Å². The molecule has 0 unspecified atom stereocenters. The second kappa shape index (κ2) is 9.91. The predicted octanol–water partition coefficient (Wildman–Crippen LogP) is 4.88. The maximum Gasteiger partial charge on any atom is 0.245 e. The standard InChI is InChI=1S/C24H20ClF2N3O2S/c25-15-3-1-14(2-4-15)12-30-21-9-18(19(27)10-23(21)33-13-20(28)24(30)32)22(31)11-29-17-7-5-16(26)6-8-17/h1-10,20,29H,11-13,28H2/t20-/m0/s1. The predicted molar refractivity (Wildman–Crippen MR) is 127 cm³/mol. The third-order valence-electron chi connectivity index (χ3n) is 5.19. The molecule has 1 atom stereocenters. The number of nitrogens with zero attached hydrogens (tertiary/aromatic N) is 1. The van der Waals surface area contributed by atoms with E-state index in [-0.39, 0.29) is 24.6 Å². The summed E-state index contributed by atoms with van der Waals surface area (Å²) in [5.41, 5.74) is 7.68. The second-order valence-corrected chi connectivity index (χ2v) is 9.05. The van der Waals surface area contributed by atoms with E-state index >= 15 is 0 Å². The van der Waals surface area contributed by atoms with Crippen LogP contribution < -0.4 is 16.0 Å². The monoisotopic (exact) mass is 487 g/mol. The molecule has 3 N–H and O–H groups in total. The van der Waals surface area contributed by atoms with E-state index in [9.17, 15) is 18.4 Å². The zero-order valence-corrected chi connectivity index (χ0v) is 18.9. The van der Waals surface area contributed by atoms with Gasteiger partial charge in [0.25, 0.3) is 0 Å². The van der Waals surface area contributed by atoms with Crippen LogP contribution in [0.5, 0.6) is 0 Å². The van der Waals surface area contributed by atoms with Crippen molar-refractivity contribution in [2.24, 2.45) is 5.73 Å². The number of carbonyl (C=O) groups is 2. The highest BCUT2D eigenvalue weighted by molar-refractivity contribution is 7.99. The average Bonchev–Trinajstić information content (AvgIpc) is 2.91. The highest BCUT2D eigenvalue weighted by Crippen LogP contribution is 2.37. The summed E-state index contributed by atoms with van der Waals surface area (Å²) in [4.78, 5) is 27.8. The first-order chi connectivity index (χ1) is 15.8. The lowest BCUT2D eigenvalue weighted by Crippen LogP contribution is -2.44. The number of carbonyl (C=O) groups excluding carboxylic acids is 2. The lowest BCUT2D eigenvalue weighted by Gasteiger charge is -2.25. The molecule has 1 amide bonds. The van der Waals surface area contributed by atoms with E-state index in [1.165, 1.54) is 53.1 Å². The fourth-order valence-electron chi connectivity index (χ4n) is 3.43. The van der Waals surface area contributed by atoms with Crippen LogP contribution in [0.2, 0.25) is 5.02 Å². The summed E-state index contributed by atoms with van der Waals surface area (Å²) in [6, 6.07) is 14.4. The number of thioether (sulfide) groups is 1. The molecule has 5 nitrogen and oxygen atoms in total. The van der Waals surface area contributed by atoms with E-state index in [0.29, 0.717) is 27.0 Å². The molecule has 0 aromatic heterocycles. The molecule has 0 spiro atoms. The van der Waals surface area contributed by atoms with Crippen molar-refractivity contribution >= 4 is 46.4 Å². The Balaban J connectivity index is 1.64. The Kier molecular flexibility index (Phi) is 6.97. The summed E-state index contributed by atoms with van der Waals surface area (Å²) < 4.78 is 27.9. The first kappa shape index (κ1) is 23.2. The van der Waals surface area contributed by atoms with Crippen molar-refractivity contribution in [3.63, 3.8) is 0 Å². The van der Waals surface area contributed by atoms with Gasteiger partial charge in [-0.3, -0.25) is 9.59 Å². The van der Waals surface area contributed by atoms with E-state index in [1.807, 2.05) is 0 Å². The second-order valence-electron chi connectivity index (χ2n) is 7.55. The normalized spacial score (nSPS) is 15.7. The summed E-state index contributed by atoms with van der Waals surface area (Å²) in [7, 11) is 0. The molecule has 0 saturated carbocycles. The number of ketones is 1. The Morgan fingerprint density at radius 3 is 2.52 bits per heavy atom. The van der Waals surface area contributed by atoms with Crippen molar-refractivity contribution in [1.82, 2.24) is 0 Å². The number of amides is 1. The first-order valence-corrected chi connectivity index (χ1v) is 11.5. The number of fused-ring (bicyclic) bond motifs is 1. The Morgan fingerprint density at radius 2 is 1.82 bits per heavy atom. The van der Waals surface area contributed by atoms with Gasteiger partial charge >= 0.3 is 0 Å². The number of hydrogen-bond donors (Lipinski definition) is 2. The Labute approximate surface area is 198 Å². The molecule has 1 heterocycles. The van der Waals surface area contributed by atoms with Crippen LogP contribution in [-0.2, 0) is 11.3 Å². The van der Waals surface area contributed by atoms with Gasteiger partial charge in [-0.1, -0.05) is 23.7 Å². The van der Waals surface area contributed by atoms with E-state index < -0.39 is 23.5 Å². The molecule has 0 fully saturated rings. The molecule has 3 aromatic carbocycles. The molecule has 0 radical (unpaired) electrons. The maximum absolute atomic E-state index is 14.9. The minimum absolute atomic E-state index is 0.145. The van der Waals surface area contributed by atoms with Crippen molar-refractivity contribution in [2.45, 2.75) is 17.5 Å². The maximum atomic E-state index is 14.9. The van der Waals surface area contributed by atoms with Crippen molar-refractivity contribution in [2.75, 3.05) is 22.5 Å². The lowest BCUT2D eigenvalue weighted by molar-refractivity contribution is -0.119. The topological polar surface area (TPSA) is 75.4 Å². The van der Waals surface area contributed by atoms with E-state index in [2.05, 4.69) is 5.32 Å². The van der Waals surface area contributed by atoms with Crippen LogP contribution >= 0.6 is 23.4 Å². The number of halogens is 3. The summed E-state index contributed by atoms with van der Waals surface area (Å²) in [6.07, 6.45) is 0. The van der Waals surface area contributed by atoms with Gasteiger partial charge in [0.2, 0.25) is 5.91 Å². The summed E-state index contributed by atoms with van der Waals surface area (Å²) in [5, 5.41) is 3.43. The zero-order chi connectivity index (χ0) is 23.5. The molecular formula is C24H20ClF2N3O2S. The van der Waals surface area contributed by atoms with Crippen LogP contribution in [0.4, 0.5) is 20.2 Å². The third kappa shape index (κ3) is 5.35. The SMILES string of the molecule is N[C@H]1CSc2cc(F)c(C(=O)CNc3ccc(F)cc3)cc2N(Cc2ccc(Cl)cc2)C1=O. The molecule has 9 heteroatoms. The van der Waals surface area contributed by atoms with Crippen LogP contribution in [0.1, 0.15) is 15.9 Å². The van der Waals surface area contributed by atoms with E-state index in [0.717, 1.165) is 5.56 Å². The van der Waals surface area contributed by atoms with Crippen LogP contribution in [-0.4, -0.2) is 30.0 Å². The zero-order valence-electron chi connectivity index (χ0n) is 17.4. The number of benzene rings is 3. The lowest BCUT2D eigenvalue weighted by atomic mass is 10.1. The highest BCUT2D eigenvalue weighted by atomic mass is 35.5. The molecule has 170 valence electrons. The summed E-state index contributed by atoms with van der Waals surface area (Å²) in [5.74, 6) is -1.60. The van der Waals surface area contributed by atoms with Crippen molar-refractivity contribution in [3.05, 3.63) is 88.4 Å². The van der Waals surface area contributed by atoms with E-state index in [1.54, 1.807) is 24.3 Å². The average molecular weight is 488 g/mol. The van der Waals surface area contributed by atoms with Crippen LogP contribution in [0, 0.1) is 11.6 Å². The van der Waals surface area contributed by atoms with Gasteiger partial charge in [-0.25, -0.2) is 8.78 Å². The van der Waals surface area contributed by atoms with E-state index in [4.69, 9.17) is 17.3 Å². The van der Waals surface area contributed by atoms with Gasteiger partial charge in [-0.15, -0.1) is 11.8 Å². The third-order valence-corrected chi connectivity index (χ3v) is 6.61. The van der Waals surface area contributed by atoms with Gasteiger partial charge in [-0.05, 0) is 54.1 Å². The Morgan fingerprint density at radius 1 is 1.12 bits per heavy atom. The minimum Gasteiger partial charge on any atom is -0.378 e. The number of rotatable bonds is 6. The molecule has 33 heavy (non-hydrogen) atoms. The molecule has 3 aromatic rings. The Bertz CT molecular complexity index is 1190. The molecule has 1 aliphatic rings. The van der Waals surface area contributed by atoms with Crippen molar-refractivity contribution in [1.29, 1.82) is 0 Å². The molecule has 0 aliphatic carbocycles. The molecule has 1 aliphatic heterocycles. The van der Waals surface area contributed by atoms with Crippen LogP contribution in [0.3, 0.4) is 0 Å². The largest absolute Gasteiger partial charge is 0.378 e. The molecule has 4 rings (SSSR count). The molecular weight excluding hydrogens is 468 g/mol. The molecule has 0 bridgehead atoms. The van der Waals surface area contributed by atoms with Gasteiger partial charge in [-0.2, -0.15) is 0 Å². The minimum atomic E-state index is -0.767. The Hall–Kier alpha value is -2.94. The van der Waals surface area contributed by atoms with Crippen LogP contribution in [0.25, 0.3) is 0 Å². The van der Waals surface area contributed by atoms with Gasteiger partial charge in [0.05, 0.1) is 30.4 Å². The summed E-state index contributed by atoms with van der Waals surface area (Å²) >= 11 is 7.23. The van der Waals surface area contributed by atoms with Crippen molar-refractivity contribution in [3.8, 4) is 0 Å². The highest BCUT2D eigenvalue weighted by Gasteiger charge is 2.30. The van der Waals surface area contributed by atoms with Gasteiger partial charge < -0.3 is 16.0 Å². The number of Topliss-reactive ketones (excluding diaryl/α,β-unsaturated/α-hetero) is 1. The summed E-state index contributed by atoms with van der Waals surface area (Å²) in [6.45, 7) is 0.00345. The number of nitrogens with one attached hydrogen (secondary N) is 1. The smallest absolute Gasteiger partial charge is 0.245 e. The fraction of sp³-hybridized carbons (Fsp3) is 0.167. The number of anilines is 2. The molecule has 0 saturated heterocycles. The van der Waals surface area contributed by atoms with Gasteiger partial charge in [0.15, 0.2) is 5.78 Å². The van der Waals surface area contributed by atoms with Crippen molar-refractivity contribution < 1.29 is 18.4 Å². The fourth-order valence-corrected chi connectivity index (χ4v) is 4.57. The number of hydrogen-bond acceptors (Lipinski definition) is 5. The first-order valence-electron chi connectivity index (χ1n) is 10.1. The van der Waals surface area contributed by atoms with Gasteiger partial charge in [0.1, 0.15) is 11.6 Å². The van der Waals surface area contributed by atoms with Gasteiger partial charge in [0, 0.05) is 21.4 Å². The quantitative estimate of drug-likeness (QED) is 0.485.